The van der Waals surface area contributed by atoms with Gasteiger partial charge in [0.1, 0.15) is 46.6 Å². The first kappa shape index (κ1) is 82.9. The third-order valence-corrected chi connectivity index (χ3v) is 21.7. The Hall–Kier alpha value is -6.78. The quantitative estimate of drug-likeness (QED) is 0.0268. The first-order chi connectivity index (χ1) is 51.5. The van der Waals surface area contributed by atoms with E-state index in [9.17, 15) is 10.5 Å². The Morgan fingerprint density at radius 1 is 0.221 bits per heavy atom. The Morgan fingerprint density at radius 2 is 0.423 bits per heavy atom. The van der Waals surface area contributed by atoms with Crippen LogP contribution in [-0.2, 0) is 0 Å². The third-order valence-electron chi connectivity index (χ3n) is 21.7. The molecule has 0 fully saturated rings. The molecule has 0 N–H and O–H groups in total. The van der Waals surface area contributed by atoms with E-state index < -0.39 is 0 Å². The van der Waals surface area contributed by atoms with Crippen LogP contribution < -0.4 is 28.4 Å². The van der Waals surface area contributed by atoms with Crippen LogP contribution in [0.3, 0.4) is 0 Å². The van der Waals surface area contributed by atoms with E-state index in [1.54, 1.807) is 0 Å². The molecule has 0 saturated heterocycles. The zero-order valence-corrected chi connectivity index (χ0v) is 66.2. The minimum Gasteiger partial charge on any atom is -0.493 e. The molecule has 8 rings (SSSR count). The topological polar surface area (TPSA) is 129 Å². The Balaban J connectivity index is 1.43. The molecule has 104 heavy (non-hydrogen) atoms. The summed E-state index contributed by atoms with van der Waals surface area (Å²) in [5, 5.41) is 32.8. The molecular weight excluding hydrogens is 1280 g/mol. The number of hydrogen-bond acceptors (Lipinski definition) is 10. The molecule has 10 heteroatoms. The van der Waals surface area contributed by atoms with Gasteiger partial charge in [0, 0.05) is 64.6 Å². The van der Waals surface area contributed by atoms with Crippen LogP contribution in [0.1, 0.15) is 361 Å². The molecule has 0 spiro atoms. The molecule has 0 saturated carbocycles. The van der Waals surface area contributed by atoms with Gasteiger partial charge in [0.25, 0.3) is 0 Å². The van der Waals surface area contributed by atoms with Gasteiger partial charge in [-0.1, -0.05) is 323 Å². The molecule has 0 radical (unpaired) electrons. The minimum absolute atomic E-state index is 0.00287. The summed E-state index contributed by atoms with van der Waals surface area (Å²) >= 11 is 0. The molecule has 0 bridgehead atoms. The fourth-order valence-corrected chi connectivity index (χ4v) is 15.6. The maximum Gasteiger partial charge on any atom is 0.177 e. The van der Waals surface area contributed by atoms with Crippen LogP contribution in [0.5, 0.6) is 34.5 Å². The molecule has 568 valence electrons. The number of fused-ring (bicyclic) bond motifs is 14. The van der Waals surface area contributed by atoms with Crippen LogP contribution in [-0.4, -0.2) is 49.6 Å². The van der Waals surface area contributed by atoms with E-state index in [0.29, 0.717) is 50.7 Å². The molecule has 8 aromatic rings. The van der Waals surface area contributed by atoms with Crippen LogP contribution in [0.25, 0.3) is 75.7 Å². The molecular formula is C94H136N4O6. The summed E-state index contributed by atoms with van der Waals surface area (Å²) in [5.41, 5.74) is 1.10. The van der Waals surface area contributed by atoms with Gasteiger partial charge in [0.05, 0.1) is 50.7 Å². The Labute approximate surface area is 629 Å². The molecule has 0 unspecified atom stereocenters. The summed E-state index contributed by atoms with van der Waals surface area (Å²) in [5.74, 6) is 4.76. The van der Waals surface area contributed by atoms with E-state index in [2.05, 4.69) is 114 Å². The highest BCUT2D eigenvalue weighted by atomic mass is 16.5. The number of benzene rings is 7. The number of unbranched alkanes of at least 4 members (excludes halogenated alkanes) is 42. The van der Waals surface area contributed by atoms with E-state index in [1.165, 1.54) is 231 Å². The predicted molar refractivity (Wildman–Crippen MR) is 443 cm³/mol. The van der Waals surface area contributed by atoms with Crippen LogP contribution in [0.15, 0.2) is 60.7 Å². The number of ether oxygens (including phenoxy) is 6. The Morgan fingerprint density at radius 3 is 0.673 bits per heavy atom. The number of aromatic nitrogens is 2. The highest BCUT2D eigenvalue weighted by Gasteiger charge is 2.27. The lowest BCUT2D eigenvalue weighted by Crippen LogP contribution is -2.04. The molecule has 0 atom stereocenters. The second kappa shape index (κ2) is 49.2. The van der Waals surface area contributed by atoms with Gasteiger partial charge >= 0.3 is 0 Å². The largest absolute Gasteiger partial charge is 0.493 e. The van der Waals surface area contributed by atoms with E-state index >= 15 is 0 Å². The van der Waals surface area contributed by atoms with Crippen molar-refractivity contribution in [1.82, 2.24) is 9.97 Å². The molecule has 0 aliphatic rings. The first-order valence-corrected chi connectivity index (χ1v) is 43.1. The highest BCUT2D eigenvalue weighted by Crippen LogP contribution is 2.53. The average Bonchev–Trinajstić information content (AvgIpc) is 0.692. The summed E-state index contributed by atoms with van der Waals surface area (Å²) in [6, 6.07) is 26.4. The molecule has 10 nitrogen and oxygen atoms in total. The standard InChI is InChI=1S/C94H136N4O6/c1-7-13-19-25-31-37-43-49-63-99-81-59-61-83(101-65-51-45-39-33-27-21-15-9-3)87-77(81)69-85(103-67-53-47-41-35-29-23-17-11-5)73-55-57-75-91(89(73)87)92-76(94-93(75)97-79(71-95)80(72-96)98-94)58-56-74-86(104-68-54-48-42-36-30-24-18-12-6)70-78-82(100-64-50-44-38-32-26-20-14-8-2)60-62-84(88(78)90(74)92)102-66-52-46-40-34-28-22-16-10-4/h55-62,69-70H,7-54,63-68H2,1-6H3. The van der Waals surface area contributed by atoms with Crippen molar-refractivity contribution >= 4 is 75.7 Å². The maximum absolute atomic E-state index is 10.9. The van der Waals surface area contributed by atoms with Gasteiger partial charge in [0.15, 0.2) is 11.4 Å². The van der Waals surface area contributed by atoms with Crippen molar-refractivity contribution in [2.24, 2.45) is 0 Å². The number of nitrogens with zero attached hydrogens (tertiary/aromatic N) is 4. The van der Waals surface area contributed by atoms with E-state index in [4.69, 9.17) is 38.4 Å². The van der Waals surface area contributed by atoms with Crippen LogP contribution in [0.2, 0.25) is 0 Å². The molecule has 1 aromatic heterocycles. The monoisotopic (exact) mass is 1420 g/mol. The van der Waals surface area contributed by atoms with Crippen molar-refractivity contribution < 1.29 is 28.4 Å². The van der Waals surface area contributed by atoms with Gasteiger partial charge in [-0.05, 0) is 87.1 Å². The molecule has 0 amide bonds. The van der Waals surface area contributed by atoms with Gasteiger partial charge < -0.3 is 28.4 Å². The second-order valence-electron chi connectivity index (χ2n) is 30.3. The highest BCUT2D eigenvalue weighted by molar-refractivity contribution is 6.42. The van der Waals surface area contributed by atoms with Crippen LogP contribution in [0.4, 0.5) is 0 Å². The van der Waals surface area contributed by atoms with E-state index in [1.807, 2.05) is 0 Å². The summed E-state index contributed by atoms with van der Waals surface area (Å²) < 4.78 is 43.3. The lowest BCUT2D eigenvalue weighted by atomic mass is 9.87. The summed E-state index contributed by atoms with van der Waals surface area (Å²) in [6.45, 7) is 17.2. The first-order valence-electron chi connectivity index (χ1n) is 43.1. The number of hydrogen-bond donors (Lipinski definition) is 0. The van der Waals surface area contributed by atoms with Gasteiger partial charge in [0.2, 0.25) is 0 Å². The number of nitriles is 2. The summed E-state index contributed by atoms with van der Waals surface area (Å²) in [6.07, 6.45) is 57.7. The Kier molecular flexibility index (Phi) is 39.2. The van der Waals surface area contributed by atoms with Crippen molar-refractivity contribution in [3.05, 3.63) is 72.1 Å². The Bertz CT molecular complexity index is 3590. The lowest BCUT2D eigenvalue weighted by molar-refractivity contribution is 0.300. The smallest absolute Gasteiger partial charge is 0.177 e. The minimum atomic E-state index is -0.00287. The van der Waals surface area contributed by atoms with E-state index in [-0.39, 0.29) is 11.4 Å². The second-order valence-corrected chi connectivity index (χ2v) is 30.3. The van der Waals surface area contributed by atoms with Gasteiger partial charge in [-0.2, -0.15) is 10.5 Å². The average molecular weight is 1420 g/mol. The van der Waals surface area contributed by atoms with Crippen LogP contribution >= 0.6 is 0 Å². The van der Waals surface area contributed by atoms with Gasteiger partial charge in [-0.25, -0.2) is 9.97 Å². The van der Waals surface area contributed by atoms with Gasteiger partial charge in [-0.15, -0.1) is 0 Å². The van der Waals surface area contributed by atoms with Crippen molar-refractivity contribution in [2.75, 3.05) is 39.6 Å². The maximum atomic E-state index is 10.9. The summed E-state index contributed by atoms with van der Waals surface area (Å²) in [4.78, 5) is 10.4. The SMILES string of the molecule is CCCCCCCCCCOc1ccc(OCCCCCCCCCC)c2c1cc(OCCCCCCCCCC)c1ccc3c4nc(C#N)c(C#N)nc4c4ccc5c(OCCCCCCCCCC)cc6c(OCCCCCCCCCC)ccc(OCCCCCCCCCC)c6c5c4c3c12. The zero-order chi connectivity index (χ0) is 73.0. The molecule has 0 aliphatic heterocycles. The van der Waals surface area contributed by atoms with Crippen molar-refractivity contribution in [3.63, 3.8) is 0 Å². The van der Waals surface area contributed by atoms with E-state index in [0.717, 1.165) is 176 Å². The summed E-state index contributed by atoms with van der Waals surface area (Å²) in [7, 11) is 0. The van der Waals surface area contributed by atoms with Crippen molar-refractivity contribution in [1.29, 1.82) is 10.5 Å². The predicted octanol–water partition coefficient (Wildman–Crippen LogP) is 29.4. The van der Waals surface area contributed by atoms with Gasteiger partial charge in [-0.3, -0.25) is 0 Å². The fourth-order valence-electron chi connectivity index (χ4n) is 15.6. The lowest BCUT2D eigenvalue weighted by Gasteiger charge is -2.22. The van der Waals surface area contributed by atoms with Crippen molar-refractivity contribution in [3.8, 4) is 46.6 Å². The third kappa shape index (κ3) is 25.2. The van der Waals surface area contributed by atoms with Crippen LogP contribution in [0, 0.1) is 22.7 Å². The number of rotatable bonds is 60. The normalized spacial score (nSPS) is 11.7. The molecule has 7 aromatic carbocycles. The van der Waals surface area contributed by atoms with Crippen molar-refractivity contribution in [2.45, 2.75) is 350 Å². The molecule has 0 aliphatic carbocycles. The molecule has 1 heterocycles. The fraction of sp³-hybridized carbons (Fsp3) is 0.638. The zero-order valence-electron chi connectivity index (χ0n) is 66.2.